The quantitative estimate of drug-likeness (QED) is 0.828. The molecule has 0 amide bonds. The maximum atomic E-state index is 9.46. The van der Waals surface area contributed by atoms with Crippen LogP contribution in [0.5, 0.6) is 0 Å². The number of aliphatic hydroxyl groups is 1. The van der Waals surface area contributed by atoms with E-state index in [0.29, 0.717) is 10.4 Å². The first-order valence-corrected chi connectivity index (χ1v) is 7.30. The van der Waals surface area contributed by atoms with Crippen LogP contribution in [0.4, 0.5) is 5.69 Å². The second-order valence-corrected chi connectivity index (χ2v) is 6.18. The van der Waals surface area contributed by atoms with Gasteiger partial charge in [0.15, 0.2) is 0 Å². The Morgan fingerprint density at radius 3 is 2.89 bits per heavy atom. The minimum absolute atomic E-state index is 0.0287. The molecule has 5 heteroatoms. The molecule has 1 fully saturated rings. The fourth-order valence-electron chi connectivity index (χ4n) is 2.35. The minimum atomic E-state index is -0.0287. The number of nitrogens with two attached hydrogens (primary N) is 1. The van der Waals surface area contributed by atoms with Gasteiger partial charge in [0.25, 0.3) is 0 Å². The summed E-state index contributed by atoms with van der Waals surface area (Å²) < 4.78 is 2.48. The third-order valence-corrected chi connectivity index (χ3v) is 5.08. The summed E-state index contributed by atoms with van der Waals surface area (Å²) in [5, 5.41) is 9.46. The summed E-state index contributed by atoms with van der Waals surface area (Å²) >= 11 is 1.91. The fourth-order valence-corrected chi connectivity index (χ4v) is 3.12. The van der Waals surface area contributed by atoms with E-state index >= 15 is 0 Å². The van der Waals surface area contributed by atoms with Crippen LogP contribution in [-0.2, 0) is 13.2 Å². The van der Waals surface area contributed by atoms with Crippen molar-refractivity contribution >= 4 is 28.5 Å². The third kappa shape index (κ3) is 1.87. The van der Waals surface area contributed by atoms with Gasteiger partial charge in [0, 0.05) is 17.0 Å². The number of fused-ring (bicyclic) bond motifs is 1. The number of hydrogen-bond acceptors (Lipinski definition) is 4. The van der Waals surface area contributed by atoms with Crippen LogP contribution in [0, 0.1) is 0 Å². The predicted octanol–water partition coefficient (Wildman–Crippen LogP) is 2.01. The molecule has 4 nitrogen and oxygen atoms in total. The molecule has 1 aliphatic carbocycles. The van der Waals surface area contributed by atoms with Gasteiger partial charge in [-0.3, -0.25) is 0 Å². The summed E-state index contributed by atoms with van der Waals surface area (Å²) in [6.07, 6.45) is 4.64. The number of aliphatic hydroxyl groups excluding tert-OH is 1. The molecule has 3 N–H and O–H groups in total. The Morgan fingerprint density at radius 2 is 2.28 bits per heavy atom. The first-order valence-electron chi connectivity index (χ1n) is 6.08. The van der Waals surface area contributed by atoms with Crippen molar-refractivity contribution in [1.82, 2.24) is 9.55 Å². The van der Waals surface area contributed by atoms with E-state index in [0.717, 1.165) is 23.4 Å². The molecule has 96 valence electrons. The van der Waals surface area contributed by atoms with Crippen molar-refractivity contribution in [2.24, 2.45) is 0 Å². The lowest BCUT2D eigenvalue weighted by molar-refractivity contribution is 0.265. The zero-order chi connectivity index (χ0) is 12.8. The summed E-state index contributed by atoms with van der Waals surface area (Å²) in [7, 11) is 0. The molecule has 2 aromatic rings. The van der Waals surface area contributed by atoms with Gasteiger partial charge in [-0.1, -0.05) is 0 Å². The highest BCUT2D eigenvalue weighted by Crippen LogP contribution is 2.49. The van der Waals surface area contributed by atoms with Gasteiger partial charge in [-0.05, 0) is 37.3 Å². The van der Waals surface area contributed by atoms with Gasteiger partial charge >= 0.3 is 0 Å². The Hall–Kier alpha value is -1.20. The van der Waals surface area contributed by atoms with Gasteiger partial charge in [-0.15, -0.1) is 0 Å². The average Bonchev–Trinajstić information content (AvgIpc) is 3.07. The number of benzene rings is 1. The van der Waals surface area contributed by atoms with E-state index in [-0.39, 0.29) is 6.61 Å². The average molecular weight is 263 g/mol. The lowest BCUT2D eigenvalue weighted by Crippen LogP contribution is -2.16. The zero-order valence-corrected chi connectivity index (χ0v) is 11.2. The van der Waals surface area contributed by atoms with Gasteiger partial charge in [0.05, 0.1) is 11.0 Å². The number of anilines is 1. The molecule has 1 saturated carbocycles. The Kier molecular flexibility index (Phi) is 2.75. The second-order valence-electron chi connectivity index (χ2n) is 4.91. The number of nitrogens with zero attached hydrogens (tertiary/aromatic N) is 2. The SMILES string of the molecule is CSC1(Cn2c(CO)nc3cc(N)ccc32)CC1. The molecule has 3 rings (SSSR count). The van der Waals surface area contributed by atoms with Gasteiger partial charge in [0.2, 0.25) is 0 Å². The predicted molar refractivity (Wildman–Crippen MR) is 75.5 cm³/mol. The molecule has 0 spiro atoms. The molecule has 0 atom stereocenters. The minimum Gasteiger partial charge on any atom is -0.399 e. The number of rotatable bonds is 4. The van der Waals surface area contributed by atoms with Crippen LogP contribution in [-0.4, -0.2) is 25.7 Å². The monoisotopic (exact) mass is 263 g/mol. The second kappa shape index (κ2) is 4.17. The van der Waals surface area contributed by atoms with Crippen LogP contribution >= 0.6 is 11.8 Å². The van der Waals surface area contributed by atoms with Crippen molar-refractivity contribution in [3.05, 3.63) is 24.0 Å². The van der Waals surface area contributed by atoms with Crippen molar-refractivity contribution in [1.29, 1.82) is 0 Å². The van der Waals surface area contributed by atoms with Crippen molar-refractivity contribution in [3.63, 3.8) is 0 Å². The normalized spacial score (nSPS) is 17.2. The summed E-state index contributed by atoms with van der Waals surface area (Å²) in [5.41, 5.74) is 8.42. The standard InChI is InChI=1S/C13H17N3OS/c1-18-13(4-5-13)8-16-11-3-2-9(14)6-10(11)15-12(16)7-17/h2-3,6,17H,4-5,7-8,14H2,1H3. The highest BCUT2D eigenvalue weighted by atomic mass is 32.2. The molecule has 1 aromatic carbocycles. The van der Waals surface area contributed by atoms with Gasteiger partial charge < -0.3 is 15.4 Å². The molecule has 0 saturated heterocycles. The molecule has 1 aromatic heterocycles. The van der Waals surface area contributed by atoms with Gasteiger partial charge in [-0.25, -0.2) is 4.98 Å². The first-order chi connectivity index (χ1) is 8.67. The van der Waals surface area contributed by atoms with E-state index in [4.69, 9.17) is 5.73 Å². The van der Waals surface area contributed by atoms with Crippen LogP contribution in [0.3, 0.4) is 0 Å². The Morgan fingerprint density at radius 1 is 1.50 bits per heavy atom. The molecule has 1 aliphatic rings. The number of aromatic nitrogens is 2. The van der Waals surface area contributed by atoms with Crippen LogP contribution in [0.1, 0.15) is 18.7 Å². The van der Waals surface area contributed by atoms with Crippen molar-refractivity contribution < 1.29 is 5.11 Å². The summed E-state index contributed by atoms with van der Waals surface area (Å²) in [6.45, 7) is 0.892. The molecular weight excluding hydrogens is 246 g/mol. The molecule has 18 heavy (non-hydrogen) atoms. The van der Waals surface area contributed by atoms with Crippen molar-refractivity contribution in [2.75, 3.05) is 12.0 Å². The molecule has 0 aliphatic heterocycles. The van der Waals surface area contributed by atoms with Crippen molar-refractivity contribution in [2.45, 2.75) is 30.7 Å². The molecule has 1 heterocycles. The highest BCUT2D eigenvalue weighted by Gasteiger charge is 2.42. The lowest BCUT2D eigenvalue weighted by Gasteiger charge is -2.15. The molecule has 0 unspecified atom stereocenters. The van der Waals surface area contributed by atoms with Crippen LogP contribution in [0.25, 0.3) is 11.0 Å². The zero-order valence-electron chi connectivity index (χ0n) is 10.4. The Bertz CT molecular complexity index is 589. The van der Waals surface area contributed by atoms with Gasteiger partial charge in [0.1, 0.15) is 12.4 Å². The first kappa shape index (κ1) is 11.9. The number of imidazole rings is 1. The molecular formula is C13H17N3OS. The lowest BCUT2D eigenvalue weighted by atomic mass is 10.2. The van der Waals surface area contributed by atoms with E-state index in [1.54, 1.807) is 0 Å². The van der Waals surface area contributed by atoms with Gasteiger partial charge in [-0.2, -0.15) is 11.8 Å². The van der Waals surface area contributed by atoms with Crippen LogP contribution in [0.2, 0.25) is 0 Å². The number of hydrogen-bond donors (Lipinski definition) is 2. The fraction of sp³-hybridized carbons (Fsp3) is 0.462. The summed E-state index contributed by atoms with van der Waals surface area (Å²) in [6, 6.07) is 5.75. The van der Waals surface area contributed by atoms with E-state index in [1.807, 2.05) is 30.0 Å². The molecule has 0 bridgehead atoms. The van der Waals surface area contributed by atoms with Crippen LogP contribution < -0.4 is 5.73 Å². The third-order valence-electron chi connectivity index (χ3n) is 3.68. The largest absolute Gasteiger partial charge is 0.399 e. The Labute approximate surface area is 110 Å². The van der Waals surface area contributed by atoms with E-state index in [2.05, 4.69) is 15.8 Å². The smallest absolute Gasteiger partial charge is 0.135 e. The Balaban J connectivity index is 2.08. The molecule has 0 radical (unpaired) electrons. The van der Waals surface area contributed by atoms with Crippen molar-refractivity contribution in [3.8, 4) is 0 Å². The number of thioether (sulfide) groups is 1. The van der Waals surface area contributed by atoms with Crippen LogP contribution in [0.15, 0.2) is 18.2 Å². The highest BCUT2D eigenvalue weighted by molar-refractivity contribution is 8.00. The topological polar surface area (TPSA) is 64.1 Å². The maximum absolute atomic E-state index is 9.46. The number of nitrogen functional groups attached to an aromatic ring is 1. The van der Waals surface area contributed by atoms with E-state index in [9.17, 15) is 5.11 Å². The van der Waals surface area contributed by atoms with E-state index in [1.165, 1.54) is 12.8 Å². The summed E-state index contributed by atoms with van der Waals surface area (Å²) in [5.74, 6) is 0.732. The maximum Gasteiger partial charge on any atom is 0.135 e. The summed E-state index contributed by atoms with van der Waals surface area (Å²) in [4.78, 5) is 4.46. The van der Waals surface area contributed by atoms with E-state index < -0.39 is 0 Å².